The Morgan fingerprint density at radius 3 is 2.69 bits per heavy atom. The molecule has 0 spiro atoms. The Morgan fingerprint density at radius 1 is 1.50 bits per heavy atom. The first-order chi connectivity index (χ1) is 7.50. The minimum Gasteiger partial charge on any atom is -0.481 e. The first-order valence-corrected chi connectivity index (χ1v) is 5.15. The van der Waals surface area contributed by atoms with Crippen LogP contribution in [0.2, 0.25) is 0 Å². The van der Waals surface area contributed by atoms with E-state index in [4.69, 9.17) is 5.11 Å². The van der Waals surface area contributed by atoms with Crippen LogP contribution < -0.4 is 0 Å². The van der Waals surface area contributed by atoms with E-state index in [-0.39, 0.29) is 5.82 Å². The molecule has 4 heteroatoms. The van der Waals surface area contributed by atoms with Gasteiger partial charge in [-0.25, -0.2) is 4.39 Å². The Kier molecular flexibility index (Phi) is 4.43. The van der Waals surface area contributed by atoms with Gasteiger partial charge in [0.1, 0.15) is 5.82 Å². The number of rotatable bonds is 5. The van der Waals surface area contributed by atoms with Gasteiger partial charge < -0.3 is 10.0 Å². The monoisotopic (exact) mass is 225 g/mol. The number of carboxylic acids is 1. The molecule has 1 atom stereocenters. The number of carboxylic acid groups (broad SMARTS) is 1. The quantitative estimate of drug-likeness (QED) is 0.833. The summed E-state index contributed by atoms with van der Waals surface area (Å²) >= 11 is 0. The fraction of sp³-hybridized carbons (Fsp3) is 0.417. The summed E-state index contributed by atoms with van der Waals surface area (Å²) in [5.74, 6) is -1.53. The third-order valence-corrected chi connectivity index (χ3v) is 2.41. The highest BCUT2D eigenvalue weighted by Gasteiger charge is 2.14. The molecule has 0 aliphatic carbocycles. The topological polar surface area (TPSA) is 40.5 Å². The smallest absolute Gasteiger partial charge is 0.307 e. The van der Waals surface area contributed by atoms with Gasteiger partial charge in [-0.05, 0) is 13.1 Å². The predicted octanol–water partition coefficient (Wildman–Crippen LogP) is 1.98. The molecule has 0 radical (unpaired) electrons. The van der Waals surface area contributed by atoms with Crippen molar-refractivity contribution in [1.29, 1.82) is 0 Å². The minimum atomic E-state index is -0.833. The maximum Gasteiger partial charge on any atom is 0.307 e. The lowest BCUT2D eigenvalue weighted by Gasteiger charge is -2.19. The Hall–Kier alpha value is -1.42. The Balaban J connectivity index is 2.55. The summed E-state index contributed by atoms with van der Waals surface area (Å²) < 4.78 is 13.3. The lowest BCUT2D eigenvalue weighted by molar-refractivity contribution is -0.141. The number of carbonyl (C=O) groups is 1. The SMILES string of the molecule is C[C@H](CN(C)Cc1ccccc1F)C(=O)O. The highest BCUT2D eigenvalue weighted by molar-refractivity contribution is 5.69. The van der Waals surface area contributed by atoms with Crippen LogP contribution in [0.3, 0.4) is 0 Å². The fourth-order valence-corrected chi connectivity index (χ4v) is 1.53. The van der Waals surface area contributed by atoms with E-state index in [9.17, 15) is 9.18 Å². The number of nitrogens with zero attached hydrogens (tertiary/aromatic N) is 1. The molecule has 0 aromatic heterocycles. The summed E-state index contributed by atoms with van der Waals surface area (Å²) in [5.41, 5.74) is 0.586. The van der Waals surface area contributed by atoms with Gasteiger partial charge in [-0.3, -0.25) is 4.79 Å². The fourth-order valence-electron chi connectivity index (χ4n) is 1.53. The number of aliphatic carboxylic acids is 1. The molecule has 0 bridgehead atoms. The second kappa shape index (κ2) is 5.61. The van der Waals surface area contributed by atoms with Gasteiger partial charge in [0.15, 0.2) is 0 Å². The van der Waals surface area contributed by atoms with Crippen LogP contribution in [0.1, 0.15) is 12.5 Å². The van der Waals surface area contributed by atoms with Gasteiger partial charge in [-0.2, -0.15) is 0 Å². The maximum absolute atomic E-state index is 13.3. The molecular formula is C12H16FNO2. The van der Waals surface area contributed by atoms with Gasteiger partial charge >= 0.3 is 5.97 Å². The standard InChI is InChI=1S/C12H16FNO2/c1-9(12(15)16)7-14(2)8-10-5-3-4-6-11(10)13/h3-6,9H,7-8H2,1-2H3,(H,15,16)/t9-/m1/s1. The Bertz CT molecular complexity index is 368. The van der Waals surface area contributed by atoms with Crippen LogP contribution in [0.4, 0.5) is 4.39 Å². The first-order valence-electron chi connectivity index (χ1n) is 5.15. The third kappa shape index (κ3) is 3.62. The summed E-state index contributed by atoms with van der Waals surface area (Å²) in [6.07, 6.45) is 0. The van der Waals surface area contributed by atoms with Gasteiger partial charge in [0.2, 0.25) is 0 Å². The average molecular weight is 225 g/mol. The lowest BCUT2D eigenvalue weighted by Crippen LogP contribution is -2.28. The molecule has 0 amide bonds. The Labute approximate surface area is 94.5 Å². The summed E-state index contributed by atoms with van der Waals surface area (Å²) in [6.45, 7) is 2.47. The van der Waals surface area contributed by atoms with Crippen LogP contribution in [0.15, 0.2) is 24.3 Å². The number of halogens is 1. The summed E-state index contributed by atoms with van der Waals surface area (Å²) in [6, 6.07) is 6.52. The molecule has 1 rings (SSSR count). The van der Waals surface area contributed by atoms with E-state index in [1.165, 1.54) is 6.07 Å². The van der Waals surface area contributed by atoms with Crippen LogP contribution in [-0.4, -0.2) is 29.6 Å². The van der Waals surface area contributed by atoms with E-state index in [0.717, 1.165) is 0 Å². The molecule has 0 heterocycles. The molecule has 16 heavy (non-hydrogen) atoms. The molecule has 0 unspecified atom stereocenters. The van der Waals surface area contributed by atoms with Crippen molar-refractivity contribution in [2.45, 2.75) is 13.5 Å². The summed E-state index contributed by atoms with van der Waals surface area (Å²) in [5, 5.41) is 8.75. The molecular weight excluding hydrogens is 209 g/mol. The number of hydrogen-bond donors (Lipinski definition) is 1. The molecule has 1 aromatic carbocycles. The van der Waals surface area contributed by atoms with Crippen molar-refractivity contribution in [3.8, 4) is 0 Å². The minimum absolute atomic E-state index is 0.252. The number of hydrogen-bond acceptors (Lipinski definition) is 2. The van der Waals surface area contributed by atoms with E-state index in [1.54, 1.807) is 37.1 Å². The van der Waals surface area contributed by atoms with E-state index >= 15 is 0 Å². The zero-order chi connectivity index (χ0) is 12.1. The van der Waals surface area contributed by atoms with Crippen LogP contribution in [0.5, 0.6) is 0 Å². The van der Waals surface area contributed by atoms with Gasteiger partial charge in [0.25, 0.3) is 0 Å². The molecule has 88 valence electrons. The van der Waals surface area contributed by atoms with Crippen LogP contribution >= 0.6 is 0 Å². The number of benzene rings is 1. The van der Waals surface area contributed by atoms with Crippen LogP contribution in [-0.2, 0) is 11.3 Å². The predicted molar refractivity (Wildman–Crippen MR) is 59.5 cm³/mol. The van der Waals surface area contributed by atoms with Crippen molar-refractivity contribution in [1.82, 2.24) is 4.90 Å². The second-order valence-corrected chi connectivity index (χ2v) is 4.03. The summed E-state index contributed by atoms with van der Waals surface area (Å²) in [4.78, 5) is 12.5. The van der Waals surface area contributed by atoms with E-state index < -0.39 is 11.9 Å². The molecule has 0 aliphatic heterocycles. The van der Waals surface area contributed by atoms with E-state index in [0.29, 0.717) is 18.7 Å². The van der Waals surface area contributed by atoms with Gasteiger partial charge in [-0.15, -0.1) is 0 Å². The van der Waals surface area contributed by atoms with Crippen molar-refractivity contribution < 1.29 is 14.3 Å². The van der Waals surface area contributed by atoms with Crippen molar-refractivity contribution in [2.24, 2.45) is 5.92 Å². The van der Waals surface area contributed by atoms with Crippen molar-refractivity contribution in [3.63, 3.8) is 0 Å². The van der Waals surface area contributed by atoms with Crippen LogP contribution in [0.25, 0.3) is 0 Å². The third-order valence-electron chi connectivity index (χ3n) is 2.41. The molecule has 0 saturated heterocycles. The van der Waals surface area contributed by atoms with Crippen LogP contribution in [0, 0.1) is 11.7 Å². The maximum atomic E-state index is 13.3. The van der Waals surface area contributed by atoms with E-state index in [2.05, 4.69) is 0 Å². The zero-order valence-corrected chi connectivity index (χ0v) is 9.48. The molecule has 0 fully saturated rings. The van der Waals surface area contributed by atoms with Gasteiger partial charge in [-0.1, -0.05) is 25.1 Å². The van der Waals surface area contributed by atoms with Gasteiger partial charge in [0, 0.05) is 18.7 Å². The highest BCUT2D eigenvalue weighted by atomic mass is 19.1. The summed E-state index contributed by atoms with van der Waals surface area (Å²) in [7, 11) is 1.78. The molecule has 1 N–H and O–H groups in total. The largest absolute Gasteiger partial charge is 0.481 e. The normalized spacial score (nSPS) is 12.8. The first kappa shape index (κ1) is 12.6. The van der Waals surface area contributed by atoms with Gasteiger partial charge in [0.05, 0.1) is 5.92 Å². The van der Waals surface area contributed by atoms with Crippen molar-refractivity contribution in [3.05, 3.63) is 35.6 Å². The van der Waals surface area contributed by atoms with Crippen molar-refractivity contribution >= 4 is 5.97 Å². The average Bonchev–Trinajstić information content (AvgIpc) is 2.21. The highest BCUT2D eigenvalue weighted by Crippen LogP contribution is 2.10. The molecule has 1 aromatic rings. The lowest BCUT2D eigenvalue weighted by atomic mass is 10.1. The molecule has 0 saturated carbocycles. The zero-order valence-electron chi connectivity index (χ0n) is 9.48. The molecule has 3 nitrogen and oxygen atoms in total. The molecule has 0 aliphatic rings. The van der Waals surface area contributed by atoms with Crippen molar-refractivity contribution in [2.75, 3.05) is 13.6 Å². The Morgan fingerprint density at radius 2 is 2.12 bits per heavy atom. The van der Waals surface area contributed by atoms with E-state index in [1.807, 2.05) is 0 Å². The second-order valence-electron chi connectivity index (χ2n) is 4.03.